The summed E-state index contributed by atoms with van der Waals surface area (Å²) >= 11 is 0. The topological polar surface area (TPSA) is 127 Å². The van der Waals surface area contributed by atoms with Gasteiger partial charge >= 0.3 is 12.1 Å². The van der Waals surface area contributed by atoms with Crippen LogP contribution in [0.5, 0.6) is 0 Å². The highest BCUT2D eigenvalue weighted by Crippen LogP contribution is 2.37. The zero-order valence-corrected chi connectivity index (χ0v) is 12.4. The van der Waals surface area contributed by atoms with E-state index in [0.29, 0.717) is 24.3 Å². The zero-order valence-electron chi connectivity index (χ0n) is 12.4. The molecular weight excluding hydrogens is 319 g/mol. The van der Waals surface area contributed by atoms with Gasteiger partial charge in [-0.1, -0.05) is 6.42 Å². The molecule has 10 heteroatoms. The molecule has 0 aromatic rings. The molecule has 0 radical (unpaired) electrons. The van der Waals surface area contributed by atoms with Crippen molar-refractivity contribution in [3.05, 3.63) is 0 Å². The van der Waals surface area contributed by atoms with E-state index in [0.717, 1.165) is 0 Å². The number of unbranched alkanes of at least 4 members (excludes halogenated alkanes) is 1. The van der Waals surface area contributed by atoms with Gasteiger partial charge in [0, 0.05) is 6.54 Å². The third-order valence-electron chi connectivity index (χ3n) is 3.92. The van der Waals surface area contributed by atoms with Crippen molar-refractivity contribution in [2.24, 2.45) is 11.5 Å². The molecule has 0 bridgehead atoms. The molecule has 1 amide bonds. The van der Waals surface area contributed by atoms with E-state index in [1.165, 1.54) is 0 Å². The Kier molecular flexibility index (Phi) is 6.11. The highest BCUT2D eigenvalue weighted by Gasteiger charge is 2.64. The number of alkyl halides is 3. The molecule has 1 aliphatic rings. The molecule has 1 rings (SSSR count). The summed E-state index contributed by atoms with van der Waals surface area (Å²) in [7, 11) is 0. The van der Waals surface area contributed by atoms with Gasteiger partial charge in [-0.05, 0) is 32.2 Å². The lowest BCUT2D eigenvalue weighted by molar-refractivity contribution is -0.190. The van der Waals surface area contributed by atoms with E-state index in [4.69, 9.17) is 11.5 Å². The second kappa shape index (κ2) is 7.26. The molecule has 1 fully saturated rings. The number of aliphatic carboxylic acids is 1. The quantitative estimate of drug-likeness (QED) is 0.443. The smallest absolute Gasteiger partial charge is 0.453 e. The Bertz CT molecular complexity index is 484. The maximum Gasteiger partial charge on any atom is 0.453 e. The summed E-state index contributed by atoms with van der Waals surface area (Å²) in [6.07, 6.45) is -4.75. The standard InChI is InChI=1S/C13H20F3N3O4/c14-13(15,16)10(21)12(11(22)23)5-3-7-19(12)9(20)8(18)4-1-2-6-17/h8H,1-7,17-18H2,(H,22,23). The minimum atomic E-state index is -5.36. The fourth-order valence-corrected chi connectivity index (χ4v) is 2.74. The second-order valence-corrected chi connectivity index (χ2v) is 5.48. The fraction of sp³-hybridized carbons (Fsp3) is 0.769. The van der Waals surface area contributed by atoms with E-state index < -0.39 is 41.8 Å². The maximum absolute atomic E-state index is 12.8. The summed E-state index contributed by atoms with van der Waals surface area (Å²) in [5.41, 5.74) is 8.03. The van der Waals surface area contributed by atoms with Crippen LogP contribution in [0.2, 0.25) is 0 Å². The van der Waals surface area contributed by atoms with E-state index in [9.17, 15) is 32.7 Å². The van der Waals surface area contributed by atoms with Crippen molar-refractivity contribution in [2.75, 3.05) is 13.1 Å². The number of ketones is 1. The Hall–Kier alpha value is -1.68. The number of carboxylic acid groups (broad SMARTS) is 1. The minimum absolute atomic E-state index is 0.0185. The van der Waals surface area contributed by atoms with Crippen LogP contribution in [0.25, 0.3) is 0 Å². The number of hydrogen-bond acceptors (Lipinski definition) is 5. The third kappa shape index (κ3) is 3.81. The van der Waals surface area contributed by atoms with Crippen molar-refractivity contribution in [1.82, 2.24) is 4.90 Å². The lowest BCUT2D eigenvalue weighted by atomic mass is 9.89. The molecule has 2 unspecified atom stereocenters. The van der Waals surface area contributed by atoms with Crippen molar-refractivity contribution >= 4 is 17.7 Å². The van der Waals surface area contributed by atoms with E-state index in [-0.39, 0.29) is 19.4 Å². The molecule has 0 spiro atoms. The number of carbonyl (C=O) groups excluding carboxylic acids is 2. The molecule has 2 atom stereocenters. The maximum atomic E-state index is 12.8. The van der Waals surface area contributed by atoms with Gasteiger partial charge in [-0.25, -0.2) is 4.79 Å². The number of carbonyl (C=O) groups is 3. The van der Waals surface area contributed by atoms with Gasteiger partial charge in [-0.3, -0.25) is 9.59 Å². The van der Waals surface area contributed by atoms with Crippen molar-refractivity contribution < 1.29 is 32.7 Å². The predicted octanol–water partition coefficient (Wildman–Crippen LogP) is 0.0199. The van der Waals surface area contributed by atoms with Gasteiger partial charge in [0.1, 0.15) is 0 Å². The third-order valence-corrected chi connectivity index (χ3v) is 3.92. The normalized spacial score (nSPS) is 22.9. The zero-order chi connectivity index (χ0) is 17.8. The monoisotopic (exact) mass is 339 g/mol. The van der Waals surface area contributed by atoms with Gasteiger partial charge < -0.3 is 21.5 Å². The van der Waals surface area contributed by atoms with Crippen LogP contribution in [-0.2, 0) is 14.4 Å². The molecule has 0 aliphatic carbocycles. The highest BCUT2D eigenvalue weighted by atomic mass is 19.4. The van der Waals surface area contributed by atoms with Crippen molar-refractivity contribution in [1.29, 1.82) is 0 Å². The van der Waals surface area contributed by atoms with Gasteiger partial charge in [0.2, 0.25) is 11.4 Å². The van der Waals surface area contributed by atoms with Crippen LogP contribution in [0.1, 0.15) is 32.1 Å². The number of likely N-dealkylation sites (tertiary alicyclic amines) is 1. The number of nitrogens with two attached hydrogens (primary N) is 2. The van der Waals surface area contributed by atoms with E-state index in [1.54, 1.807) is 0 Å². The average Bonchev–Trinajstić information content (AvgIpc) is 2.90. The molecule has 0 aromatic carbocycles. The number of halogens is 3. The second-order valence-electron chi connectivity index (χ2n) is 5.48. The molecule has 5 N–H and O–H groups in total. The molecule has 1 saturated heterocycles. The fourth-order valence-electron chi connectivity index (χ4n) is 2.74. The predicted molar refractivity (Wildman–Crippen MR) is 73.3 cm³/mol. The van der Waals surface area contributed by atoms with Crippen LogP contribution >= 0.6 is 0 Å². The van der Waals surface area contributed by atoms with Gasteiger partial charge in [0.25, 0.3) is 5.78 Å². The summed E-state index contributed by atoms with van der Waals surface area (Å²) in [4.78, 5) is 35.9. The van der Waals surface area contributed by atoms with Gasteiger partial charge in [0.15, 0.2) is 0 Å². The van der Waals surface area contributed by atoms with Crippen molar-refractivity contribution in [3.63, 3.8) is 0 Å². The Morgan fingerprint density at radius 2 is 1.87 bits per heavy atom. The van der Waals surface area contributed by atoms with Crippen LogP contribution < -0.4 is 11.5 Å². The number of nitrogens with zero attached hydrogens (tertiary/aromatic N) is 1. The van der Waals surface area contributed by atoms with Gasteiger partial charge in [-0.15, -0.1) is 0 Å². The first-order valence-corrected chi connectivity index (χ1v) is 7.21. The van der Waals surface area contributed by atoms with Crippen LogP contribution in [0.3, 0.4) is 0 Å². The first-order valence-electron chi connectivity index (χ1n) is 7.21. The van der Waals surface area contributed by atoms with Crippen molar-refractivity contribution in [2.45, 2.75) is 49.9 Å². The first-order chi connectivity index (χ1) is 10.6. The lowest BCUT2D eigenvalue weighted by Crippen LogP contribution is -2.64. The number of rotatable bonds is 7. The molecule has 0 aromatic heterocycles. The summed E-state index contributed by atoms with van der Waals surface area (Å²) in [5.74, 6) is -5.39. The number of hydrogen-bond donors (Lipinski definition) is 3. The first kappa shape index (κ1) is 19.4. The molecule has 1 aliphatic heterocycles. The van der Waals surface area contributed by atoms with Crippen molar-refractivity contribution in [3.8, 4) is 0 Å². The molecule has 0 saturated carbocycles. The molecular formula is C13H20F3N3O4. The van der Waals surface area contributed by atoms with Gasteiger partial charge in [0.05, 0.1) is 6.04 Å². The molecule has 1 heterocycles. The average molecular weight is 339 g/mol. The minimum Gasteiger partial charge on any atom is -0.479 e. The number of carboxylic acids is 1. The Balaban J connectivity index is 3.05. The summed E-state index contributed by atoms with van der Waals surface area (Å²) < 4.78 is 38.4. The number of amides is 1. The molecule has 132 valence electrons. The summed E-state index contributed by atoms with van der Waals surface area (Å²) in [6.45, 7) is 0.119. The summed E-state index contributed by atoms with van der Waals surface area (Å²) in [5, 5.41) is 9.24. The van der Waals surface area contributed by atoms with E-state index in [1.807, 2.05) is 0 Å². The van der Waals surface area contributed by atoms with E-state index in [2.05, 4.69) is 0 Å². The SMILES string of the molecule is NCCCCC(N)C(=O)N1CCCC1(C(=O)O)C(=O)C(F)(F)F. The number of Topliss-reactive ketones (excluding diaryl/α,β-unsaturated/α-hetero) is 1. The molecule has 7 nitrogen and oxygen atoms in total. The van der Waals surface area contributed by atoms with Gasteiger partial charge in [-0.2, -0.15) is 13.2 Å². The van der Waals surface area contributed by atoms with Crippen LogP contribution in [-0.4, -0.2) is 58.5 Å². The van der Waals surface area contributed by atoms with E-state index >= 15 is 0 Å². The highest BCUT2D eigenvalue weighted by molar-refractivity contribution is 6.13. The summed E-state index contributed by atoms with van der Waals surface area (Å²) in [6, 6.07) is -1.17. The largest absolute Gasteiger partial charge is 0.479 e. The van der Waals surface area contributed by atoms with Crippen LogP contribution in [0, 0.1) is 0 Å². The lowest BCUT2D eigenvalue weighted by Gasteiger charge is -2.35. The van der Waals surface area contributed by atoms with Crippen LogP contribution in [0.15, 0.2) is 0 Å². The Morgan fingerprint density at radius 3 is 2.35 bits per heavy atom. The molecule has 23 heavy (non-hydrogen) atoms. The Labute approximate surface area is 130 Å². The Morgan fingerprint density at radius 1 is 1.26 bits per heavy atom. The van der Waals surface area contributed by atoms with Crippen LogP contribution in [0.4, 0.5) is 13.2 Å².